The first-order valence-corrected chi connectivity index (χ1v) is 10.5. The lowest BCUT2D eigenvalue weighted by molar-refractivity contribution is -0.118. The summed E-state index contributed by atoms with van der Waals surface area (Å²) >= 11 is 5.85. The third-order valence-corrected chi connectivity index (χ3v) is 5.84. The molecule has 6 nitrogen and oxygen atoms in total. The molecule has 2 amide bonds. The third kappa shape index (κ3) is 6.16. The number of aromatic nitrogens is 2. The molecule has 9 heteroatoms. The van der Waals surface area contributed by atoms with Gasteiger partial charge in [-0.1, -0.05) is 75.4 Å². The van der Waals surface area contributed by atoms with Crippen LogP contribution in [0.2, 0.25) is 0 Å². The maximum atomic E-state index is 12.2. The standard InChI is InChI=1S/C18H15BrN4O2S2/c19-14-8-4-7-13(9-14)16(25)21-17-22-23-18(27-17)26-11-15(24)20-10-12-5-2-1-3-6-12/h1-9H,10-11H2,(H,20,24)(H,21,22,25). The van der Waals surface area contributed by atoms with E-state index in [0.29, 0.717) is 21.6 Å². The van der Waals surface area contributed by atoms with Crippen LogP contribution in [0, 0.1) is 0 Å². The van der Waals surface area contributed by atoms with Gasteiger partial charge in [-0.2, -0.15) is 0 Å². The summed E-state index contributed by atoms with van der Waals surface area (Å²) < 4.78 is 1.44. The summed E-state index contributed by atoms with van der Waals surface area (Å²) in [6, 6.07) is 16.8. The number of anilines is 1. The molecular formula is C18H15BrN4O2S2. The minimum Gasteiger partial charge on any atom is -0.351 e. The van der Waals surface area contributed by atoms with Crippen molar-refractivity contribution in [2.75, 3.05) is 11.1 Å². The van der Waals surface area contributed by atoms with Crippen molar-refractivity contribution in [2.24, 2.45) is 0 Å². The summed E-state index contributed by atoms with van der Waals surface area (Å²) in [5, 5.41) is 13.9. The molecule has 0 saturated carbocycles. The van der Waals surface area contributed by atoms with E-state index in [1.807, 2.05) is 36.4 Å². The van der Waals surface area contributed by atoms with E-state index < -0.39 is 0 Å². The number of carbonyl (C=O) groups excluding carboxylic acids is 2. The summed E-state index contributed by atoms with van der Waals surface area (Å²) in [7, 11) is 0. The molecule has 27 heavy (non-hydrogen) atoms. The zero-order valence-corrected chi connectivity index (χ0v) is 17.2. The van der Waals surface area contributed by atoms with E-state index in [2.05, 4.69) is 36.8 Å². The number of nitrogens with zero attached hydrogens (tertiary/aromatic N) is 2. The van der Waals surface area contributed by atoms with Crippen molar-refractivity contribution < 1.29 is 9.59 Å². The third-order valence-electron chi connectivity index (χ3n) is 3.37. The maximum Gasteiger partial charge on any atom is 0.257 e. The highest BCUT2D eigenvalue weighted by Gasteiger charge is 2.12. The highest BCUT2D eigenvalue weighted by molar-refractivity contribution is 9.10. The monoisotopic (exact) mass is 462 g/mol. The second-order valence-electron chi connectivity index (χ2n) is 5.39. The molecule has 0 fully saturated rings. The van der Waals surface area contributed by atoms with E-state index in [4.69, 9.17) is 0 Å². The Morgan fingerprint density at radius 1 is 1.07 bits per heavy atom. The fourth-order valence-corrected chi connectivity index (χ4v) is 4.07. The fraction of sp³-hybridized carbons (Fsp3) is 0.111. The maximum absolute atomic E-state index is 12.2. The molecule has 0 saturated heterocycles. The van der Waals surface area contributed by atoms with E-state index in [1.54, 1.807) is 18.2 Å². The largest absolute Gasteiger partial charge is 0.351 e. The smallest absolute Gasteiger partial charge is 0.257 e. The Morgan fingerprint density at radius 2 is 1.89 bits per heavy atom. The number of nitrogens with one attached hydrogen (secondary N) is 2. The lowest BCUT2D eigenvalue weighted by Crippen LogP contribution is -2.24. The Kier molecular flexibility index (Phi) is 6.97. The van der Waals surface area contributed by atoms with Crippen molar-refractivity contribution in [2.45, 2.75) is 10.9 Å². The number of hydrogen-bond donors (Lipinski definition) is 2. The predicted octanol–water partition coefficient (Wildman–Crippen LogP) is 3.96. The Morgan fingerprint density at radius 3 is 2.67 bits per heavy atom. The van der Waals surface area contributed by atoms with E-state index in [9.17, 15) is 9.59 Å². The summed E-state index contributed by atoms with van der Waals surface area (Å²) in [6.07, 6.45) is 0. The van der Waals surface area contributed by atoms with Gasteiger partial charge in [-0.3, -0.25) is 14.9 Å². The van der Waals surface area contributed by atoms with Gasteiger partial charge in [0.15, 0.2) is 4.34 Å². The highest BCUT2D eigenvalue weighted by Crippen LogP contribution is 2.25. The van der Waals surface area contributed by atoms with Crippen molar-refractivity contribution in [1.82, 2.24) is 15.5 Å². The molecule has 0 radical (unpaired) electrons. The number of benzene rings is 2. The van der Waals surface area contributed by atoms with Crippen molar-refractivity contribution in [3.8, 4) is 0 Å². The van der Waals surface area contributed by atoms with Crippen LogP contribution < -0.4 is 10.6 Å². The molecule has 2 N–H and O–H groups in total. The molecule has 0 atom stereocenters. The van der Waals surface area contributed by atoms with Gasteiger partial charge in [-0.15, -0.1) is 10.2 Å². The number of amides is 2. The van der Waals surface area contributed by atoms with Crippen LogP contribution in [0.15, 0.2) is 63.4 Å². The lowest BCUT2D eigenvalue weighted by atomic mass is 10.2. The van der Waals surface area contributed by atoms with Crippen LogP contribution in [-0.4, -0.2) is 27.8 Å². The van der Waals surface area contributed by atoms with Crippen LogP contribution in [0.1, 0.15) is 15.9 Å². The molecular weight excluding hydrogens is 448 g/mol. The zero-order valence-electron chi connectivity index (χ0n) is 14.0. The number of thioether (sulfide) groups is 1. The molecule has 0 unspecified atom stereocenters. The Balaban J connectivity index is 1.46. The first-order valence-electron chi connectivity index (χ1n) is 7.94. The average molecular weight is 463 g/mol. The van der Waals surface area contributed by atoms with Crippen LogP contribution in [-0.2, 0) is 11.3 Å². The van der Waals surface area contributed by atoms with Gasteiger partial charge in [0.1, 0.15) is 0 Å². The van der Waals surface area contributed by atoms with Gasteiger partial charge < -0.3 is 5.32 Å². The second kappa shape index (κ2) is 9.63. The molecule has 138 valence electrons. The van der Waals surface area contributed by atoms with Crippen molar-refractivity contribution in [3.05, 3.63) is 70.2 Å². The number of halogens is 1. The SMILES string of the molecule is O=C(CSc1nnc(NC(=O)c2cccc(Br)c2)s1)NCc1ccccc1. The normalized spacial score (nSPS) is 10.4. The molecule has 1 heterocycles. The molecule has 0 aliphatic heterocycles. The van der Waals surface area contributed by atoms with Gasteiger partial charge in [0.25, 0.3) is 5.91 Å². The first kappa shape index (κ1) is 19.5. The second-order valence-corrected chi connectivity index (χ2v) is 8.50. The zero-order chi connectivity index (χ0) is 19.1. The Hall–Kier alpha value is -2.23. The summed E-state index contributed by atoms with van der Waals surface area (Å²) in [5.74, 6) is -0.107. The molecule has 2 aromatic carbocycles. The number of carbonyl (C=O) groups is 2. The van der Waals surface area contributed by atoms with Gasteiger partial charge in [0.05, 0.1) is 5.75 Å². The Labute approximate surface area is 172 Å². The van der Waals surface area contributed by atoms with E-state index in [1.165, 1.54) is 23.1 Å². The Bertz CT molecular complexity index is 934. The van der Waals surface area contributed by atoms with Crippen LogP contribution in [0.3, 0.4) is 0 Å². The minimum absolute atomic E-state index is 0.0845. The van der Waals surface area contributed by atoms with Gasteiger partial charge in [0.2, 0.25) is 11.0 Å². The highest BCUT2D eigenvalue weighted by atomic mass is 79.9. The van der Waals surface area contributed by atoms with Crippen LogP contribution in [0.5, 0.6) is 0 Å². The summed E-state index contributed by atoms with van der Waals surface area (Å²) in [6.45, 7) is 0.490. The fourth-order valence-electron chi connectivity index (χ4n) is 2.09. The summed E-state index contributed by atoms with van der Waals surface area (Å²) in [4.78, 5) is 24.1. The van der Waals surface area contributed by atoms with Crippen LogP contribution in [0.25, 0.3) is 0 Å². The quantitative estimate of drug-likeness (QED) is 0.410. The van der Waals surface area contributed by atoms with Gasteiger partial charge in [0, 0.05) is 16.6 Å². The molecule has 3 aromatic rings. The van der Waals surface area contributed by atoms with Gasteiger partial charge >= 0.3 is 0 Å². The molecule has 0 aliphatic carbocycles. The molecule has 3 rings (SSSR count). The minimum atomic E-state index is -0.260. The summed E-state index contributed by atoms with van der Waals surface area (Å²) in [5.41, 5.74) is 1.57. The average Bonchev–Trinajstić information content (AvgIpc) is 3.13. The van der Waals surface area contributed by atoms with E-state index in [0.717, 1.165) is 10.0 Å². The molecule has 0 aliphatic rings. The van der Waals surface area contributed by atoms with Crippen molar-refractivity contribution in [3.63, 3.8) is 0 Å². The molecule has 1 aromatic heterocycles. The van der Waals surface area contributed by atoms with Gasteiger partial charge in [-0.25, -0.2) is 0 Å². The number of rotatable bonds is 7. The lowest BCUT2D eigenvalue weighted by Gasteiger charge is -2.03. The van der Waals surface area contributed by atoms with Crippen molar-refractivity contribution >= 4 is 56.0 Å². The van der Waals surface area contributed by atoms with Crippen LogP contribution in [0.4, 0.5) is 5.13 Å². The number of hydrogen-bond acceptors (Lipinski definition) is 6. The molecule has 0 bridgehead atoms. The first-order chi connectivity index (χ1) is 13.1. The predicted molar refractivity (Wildman–Crippen MR) is 111 cm³/mol. The topological polar surface area (TPSA) is 84.0 Å². The van der Waals surface area contributed by atoms with Crippen LogP contribution >= 0.6 is 39.0 Å². The van der Waals surface area contributed by atoms with E-state index in [-0.39, 0.29) is 17.6 Å². The van der Waals surface area contributed by atoms with E-state index >= 15 is 0 Å². The van der Waals surface area contributed by atoms with Crippen molar-refractivity contribution in [1.29, 1.82) is 0 Å². The molecule has 0 spiro atoms. The van der Waals surface area contributed by atoms with Gasteiger partial charge in [-0.05, 0) is 23.8 Å².